The zero-order chi connectivity index (χ0) is 18.8. The van der Waals surface area contributed by atoms with Crippen molar-refractivity contribution in [1.82, 2.24) is 5.32 Å². The minimum absolute atomic E-state index is 0.115. The van der Waals surface area contributed by atoms with E-state index < -0.39 is 24.4 Å². The van der Waals surface area contributed by atoms with E-state index in [4.69, 9.17) is 9.47 Å². The highest BCUT2D eigenvalue weighted by molar-refractivity contribution is 6.05. The molecule has 0 saturated carbocycles. The maximum atomic E-state index is 11.8. The fourth-order valence-electron chi connectivity index (χ4n) is 2.29. The van der Waals surface area contributed by atoms with Gasteiger partial charge >= 0.3 is 5.97 Å². The van der Waals surface area contributed by atoms with Crippen molar-refractivity contribution in [3.8, 4) is 5.75 Å². The second-order valence-electron chi connectivity index (χ2n) is 5.44. The van der Waals surface area contributed by atoms with Gasteiger partial charge < -0.3 is 9.47 Å². The van der Waals surface area contributed by atoms with Crippen molar-refractivity contribution in [2.45, 2.75) is 19.8 Å². The van der Waals surface area contributed by atoms with Crippen LogP contribution in [0.15, 0.2) is 54.6 Å². The molecule has 1 N–H and O–H groups in total. The summed E-state index contributed by atoms with van der Waals surface area (Å²) in [6.45, 7) is 1.93. The predicted molar refractivity (Wildman–Crippen MR) is 95.8 cm³/mol. The molecular formula is C20H21NO5. The summed E-state index contributed by atoms with van der Waals surface area (Å²) in [4.78, 5) is 35.4. The number of hydrogen-bond donors (Lipinski definition) is 1. The first kappa shape index (κ1) is 19.2. The second-order valence-corrected chi connectivity index (χ2v) is 5.44. The monoisotopic (exact) mass is 355 g/mol. The molecular weight excluding hydrogens is 334 g/mol. The lowest BCUT2D eigenvalue weighted by Gasteiger charge is -2.10. The molecule has 2 aromatic rings. The standard InChI is InChI=1S/C20H21NO5/c1-2-25-17-11-7-6-8-15(17)12-13-19(23)26-14-18(22)21-20(24)16-9-4-3-5-10-16/h3-11H,2,12-14H2,1H3,(H,21,22,24). The van der Waals surface area contributed by atoms with Crippen LogP contribution in [0.5, 0.6) is 5.75 Å². The van der Waals surface area contributed by atoms with Gasteiger partial charge in [0.2, 0.25) is 0 Å². The summed E-state index contributed by atoms with van der Waals surface area (Å²) in [5.74, 6) is -0.980. The smallest absolute Gasteiger partial charge is 0.306 e. The van der Waals surface area contributed by atoms with Gasteiger partial charge in [-0.3, -0.25) is 19.7 Å². The average Bonchev–Trinajstić information content (AvgIpc) is 2.66. The van der Waals surface area contributed by atoms with Crippen LogP contribution >= 0.6 is 0 Å². The van der Waals surface area contributed by atoms with Gasteiger partial charge in [0.15, 0.2) is 6.61 Å². The van der Waals surface area contributed by atoms with Crippen molar-refractivity contribution in [3.63, 3.8) is 0 Å². The Labute approximate surface area is 152 Å². The number of benzene rings is 2. The molecule has 0 unspecified atom stereocenters. The number of nitrogens with one attached hydrogen (secondary N) is 1. The Morgan fingerprint density at radius 1 is 0.962 bits per heavy atom. The van der Waals surface area contributed by atoms with Crippen LogP contribution in [-0.2, 0) is 20.7 Å². The maximum Gasteiger partial charge on any atom is 0.306 e. The third-order valence-electron chi connectivity index (χ3n) is 3.52. The summed E-state index contributed by atoms with van der Waals surface area (Å²) < 4.78 is 10.4. The first-order chi connectivity index (χ1) is 12.6. The molecule has 2 rings (SSSR count). The van der Waals surface area contributed by atoms with Crippen LogP contribution in [0.25, 0.3) is 0 Å². The quantitative estimate of drug-likeness (QED) is 0.736. The Balaban J connectivity index is 1.75. The molecule has 26 heavy (non-hydrogen) atoms. The van der Waals surface area contributed by atoms with Crippen molar-refractivity contribution < 1.29 is 23.9 Å². The fraction of sp³-hybridized carbons (Fsp3) is 0.250. The van der Waals surface area contributed by atoms with Crippen molar-refractivity contribution in [1.29, 1.82) is 0 Å². The summed E-state index contributed by atoms with van der Waals surface area (Å²) in [6, 6.07) is 15.8. The van der Waals surface area contributed by atoms with Crippen LogP contribution in [-0.4, -0.2) is 31.0 Å². The van der Waals surface area contributed by atoms with E-state index in [0.717, 1.165) is 11.3 Å². The summed E-state index contributed by atoms with van der Waals surface area (Å²) in [5.41, 5.74) is 1.26. The number of esters is 1. The second kappa shape index (κ2) is 9.98. The molecule has 0 radical (unpaired) electrons. The van der Waals surface area contributed by atoms with Crippen LogP contribution in [0.1, 0.15) is 29.3 Å². The molecule has 0 atom stereocenters. The number of aryl methyl sites for hydroxylation is 1. The molecule has 0 aliphatic carbocycles. The highest BCUT2D eigenvalue weighted by Gasteiger charge is 2.13. The zero-order valence-corrected chi connectivity index (χ0v) is 14.6. The van der Waals surface area contributed by atoms with E-state index in [0.29, 0.717) is 18.6 Å². The van der Waals surface area contributed by atoms with Crippen LogP contribution in [0.2, 0.25) is 0 Å². The van der Waals surface area contributed by atoms with Gasteiger partial charge in [-0.25, -0.2) is 0 Å². The topological polar surface area (TPSA) is 81.7 Å². The lowest BCUT2D eigenvalue weighted by molar-refractivity contribution is -0.148. The van der Waals surface area contributed by atoms with E-state index >= 15 is 0 Å². The number of rotatable bonds is 8. The van der Waals surface area contributed by atoms with E-state index in [-0.39, 0.29) is 6.42 Å². The molecule has 0 spiro atoms. The highest BCUT2D eigenvalue weighted by Crippen LogP contribution is 2.19. The van der Waals surface area contributed by atoms with Gasteiger partial charge in [-0.2, -0.15) is 0 Å². The number of ether oxygens (including phenoxy) is 2. The van der Waals surface area contributed by atoms with Crippen molar-refractivity contribution in [2.75, 3.05) is 13.2 Å². The largest absolute Gasteiger partial charge is 0.494 e. The number of amides is 2. The summed E-state index contributed by atoms with van der Waals surface area (Å²) in [5, 5.41) is 2.18. The first-order valence-electron chi connectivity index (χ1n) is 8.35. The van der Waals surface area contributed by atoms with Crippen LogP contribution in [0, 0.1) is 0 Å². The molecule has 0 heterocycles. The van der Waals surface area contributed by atoms with E-state index in [1.54, 1.807) is 30.3 Å². The van der Waals surface area contributed by atoms with Gasteiger partial charge in [0.25, 0.3) is 11.8 Å². The molecule has 0 aliphatic heterocycles. The average molecular weight is 355 g/mol. The SMILES string of the molecule is CCOc1ccccc1CCC(=O)OCC(=O)NC(=O)c1ccccc1. The third kappa shape index (κ3) is 6.05. The van der Waals surface area contributed by atoms with Gasteiger partial charge in [0, 0.05) is 12.0 Å². The van der Waals surface area contributed by atoms with Crippen molar-refractivity contribution >= 4 is 17.8 Å². The van der Waals surface area contributed by atoms with Crippen LogP contribution in [0.4, 0.5) is 0 Å². The number of imide groups is 1. The predicted octanol–water partition coefficient (Wildman–Crippen LogP) is 2.52. The maximum absolute atomic E-state index is 11.8. The molecule has 0 fully saturated rings. The van der Waals surface area contributed by atoms with Crippen molar-refractivity contribution in [3.05, 3.63) is 65.7 Å². The number of carbonyl (C=O) groups is 3. The van der Waals surface area contributed by atoms with Gasteiger partial charge in [-0.05, 0) is 37.1 Å². The number of hydrogen-bond acceptors (Lipinski definition) is 5. The van der Waals surface area contributed by atoms with E-state index in [1.165, 1.54) is 0 Å². The van der Waals surface area contributed by atoms with Crippen LogP contribution in [0.3, 0.4) is 0 Å². The molecule has 2 amide bonds. The normalized spacial score (nSPS) is 10.0. The van der Waals surface area contributed by atoms with E-state index in [1.807, 2.05) is 31.2 Å². The molecule has 0 aliphatic rings. The number of para-hydroxylation sites is 1. The highest BCUT2D eigenvalue weighted by atomic mass is 16.5. The van der Waals surface area contributed by atoms with Crippen molar-refractivity contribution in [2.24, 2.45) is 0 Å². The summed E-state index contributed by atoms with van der Waals surface area (Å²) >= 11 is 0. The third-order valence-corrected chi connectivity index (χ3v) is 3.52. The van der Waals surface area contributed by atoms with Gasteiger partial charge in [-0.15, -0.1) is 0 Å². The van der Waals surface area contributed by atoms with Gasteiger partial charge in [0.1, 0.15) is 5.75 Å². The first-order valence-corrected chi connectivity index (χ1v) is 8.35. The Bertz CT molecular complexity index is 758. The fourth-order valence-corrected chi connectivity index (χ4v) is 2.29. The minimum atomic E-state index is -0.665. The summed E-state index contributed by atoms with van der Waals surface area (Å²) in [7, 11) is 0. The van der Waals surface area contributed by atoms with E-state index in [9.17, 15) is 14.4 Å². The van der Waals surface area contributed by atoms with Gasteiger partial charge in [-0.1, -0.05) is 36.4 Å². The van der Waals surface area contributed by atoms with Gasteiger partial charge in [0.05, 0.1) is 6.61 Å². The minimum Gasteiger partial charge on any atom is -0.494 e. The Morgan fingerprint density at radius 2 is 1.65 bits per heavy atom. The zero-order valence-electron chi connectivity index (χ0n) is 14.6. The lowest BCUT2D eigenvalue weighted by atomic mass is 10.1. The Morgan fingerprint density at radius 3 is 2.38 bits per heavy atom. The Hall–Kier alpha value is -3.15. The molecule has 6 nitrogen and oxygen atoms in total. The molecule has 0 saturated heterocycles. The Kier molecular flexibility index (Phi) is 7.36. The van der Waals surface area contributed by atoms with Crippen LogP contribution < -0.4 is 10.1 Å². The van der Waals surface area contributed by atoms with E-state index in [2.05, 4.69) is 5.32 Å². The summed E-state index contributed by atoms with van der Waals surface area (Å²) in [6.07, 6.45) is 0.559. The lowest BCUT2D eigenvalue weighted by Crippen LogP contribution is -2.34. The molecule has 136 valence electrons. The molecule has 0 bridgehead atoms. The number of carbonyl (C=O) groups excluding carboxylic acids is 3. The molecule has 0 aromatic heterocycles. The molecule has 6 heteroatoms. The molecule has 2 aromatic carbocycles.